The predicted octanol–water partition coefficient (Wildman–Crippen LogP) is 3.19. The molecule has 1 fully saturated rings. The predicted molar refractivity (Wildman–Crippen MR) is 94.4 cm³/mol. The molecule has 3 heteroatoms. The highest BCUT2D eigenvalue weighted by Gasteiger charge is 2.20. The summed E-state index contributed by atoms with van der Waals surface area (Å²) in [6.07, 6.45) is 0.164. The van der Waals surface area contributed by atoms with Gasteiger partial charge < -0.3 is 4.74 Å². The lowest BCUT2D eigenvalue weighted by molar-refractivity contribution is 0.0406. The monoisotopic (exact) mass is 310 g/mol. The zero-order valence-electron chi connectivity index (χ0n) is 13.9. The van der Waals surface area contributed by atoms with E-state index >= 15 is 0 Å². The van der Waals surface area contributed by atoms with E-state index in [-0.39, 0.29) is 6.10 Å². The Hall–Kier alpha value is -1.68. The number of ether oxygens (including phenoxy) is 1. The summed E-state index contributed by atoms with van der Waals surface area (Å²) in [5.74, 6) is 0. The lowest BCUT2D eigenvalue weighted by atomic mass is 10.1. The fourth-order valence-corrected chi connectivity index (χ4v) is 3.19. The van der Waals surface area contributed by atoms with Crippen LogP contribution in [0.4, 0.5) is 0 Å². The van der Waals surface area contributed by atoms with Crippen molar-refractivity contribution in [2.75, 3.05) is 39.8 Å². The molecule has 1 aliphatic heterocycles. The highest BCUT2D eigenvalue weighted by molar-refractivity contribution is 5.18. The molecule has 1 atom stereocenters. The second-order valence-electron chi connectivity index (χ2n) is 6.20. The average Bonchev–Trinajstić information content (AvgIpc) is 2.63. The summed E-state index contributed by atoms with van der Waals surface area (Å²) < 4.78 is 5.71. The van der Waals surface area contributed by atoms with Gasteiger partial charge in [-0.25, -0.2) is 0 Å². The summed E-state index contributed by atoms with van der Waals surface area (Å²) in [6, 6.07) is 21.3. The highest BCUT2D eigenvalue weighted by Crippen LogP contribution is 2.19. The Morgan fingerprint density at radius 2 is 1.39 bits per heavy atom. The van der Waals surface area contributed by atoms with E-state index in [9.17, 15) is 0 Å². The Morgan fingerprint density at radius 1 is 0.826 bits per heavy atom. The molecule has 0 amide bonds. The minimum Gasteiger partial charge on any atom is -0.375 e. The molecule has 0 spiro atoms. The molecular weight excluding hydrogens is 284 g/mol. The number of nitrogens with zero attached hydrogens (tertiary/aromatic N) is 2. The topological polar surface area (TPSA) is 15.7 Å². The van der Waals surface area contributed by atoms with E-state index in [0.29, 0.717) is 0 Å². The van der Waals surface area contributed by atoms with Gasteiger partial charge in [0, 0.05) is 46.4 Å². The van der Waals surface area contributed by atoms with Gasteiger partial charge in [0.25, 0.3) is 0 Å². The number of benzene rings is 2. The fourth-order valence-electron chi connectivity index (χ4n) is 3.19. The third-order valence-corrected chi connectivity index (χ3v) is 4.59. The SMILES string of the molecule is CO[C@@H](CN1CCN(Cc2ccccc2)CC1)c1ccccc1. The van der Waals surface area contributed by atoms with Crippen molar-refractivity contribution < 1.29 is 4.74 Å². The van der Waals surface area contributed by atoms with Crippen LogP contribution < -0.4 is 0 Å². The maximum Gasteiger partial charge on any atom is 0.0947 e. The van der Waals surface area contributed by atoms with E-state index in [1.165, 1.54) is 11.1 Å². The van der Waals surface area contributed by atoms with Crippen LogP contribution in [-0.2, 0) is 11.3 Å². The van der Waals surface area contributed by atoms with Gasteiger partial charge in [-0.1, -0.05) is 60.7 Å². The van der Waals surface area contributed by atoms with Crippen LogP contribution in [0.5, 0.6) is 0 Å². The van der Waals surface area contributed by atoms with E-state index in [1.54, 1.807) is 0 Å². The van der Waals surface area contributed by atoms with Crippen molar-refractivity contribution in [3.05, 3.63) is 71.8 Å². The molecule has 0 saturated carbocycles. The summed E-state index contributed by atoms with van der Waals surface area (Å²) in [5.41, 5.74) is 2.67. The van der Waals surface area contributed by atoms with Gasteiger partial charge in [-0.3, -0.25) is 9.80 Å². The Morgan fingerprint density at radius 3 is 2.00 bits per heavy atom. The van der Waals surface area contributed by atoms with Gasteiger partial charge in [0.15, 0.2) is 0 Å². The molecule has 1 heterocycles. The minimum atomic E-state index is 0.164. The van der Waals surface area contributed by atoms with E-state index < -0.39 is 0 Å². The lowest BCUT2D eigenvalue weighted by Gasteiger charge is -2.36. The first-order valence-electron chi connectivity index (χ1n) is 8.41. The van der Waals surface area contributed by atoms with Gasteiger partial charge in [0.1, 0.15) is 0 Å². The second kappa shape index (κ2) is 8.25. The van der Waals surface area contributed by atoms with E-state index in [0.717, 1.165) is 39.3 Å². The molecule has 1 aliphatic rings. The standard InChI is InChI=1S/C20H26N2O/c1-23-20(19-10-6-3-7-11-19)17-22-14-12-21(13-15-22)16-18-8-4-2-5-9-18/h2-11,20H,12-17H2,1H3/t20-/m0/s1. The molecule has 0 bridgehead atoms. The van der Waals surface area contributed by atoms with Crippen molar-refractivity contribution in [1.82, 2.24) is 9.80 Å². The van der Waals surface area contributed by atoms with E-state index in [1.807, 2.05) is 7.11 Å². The van der Waals surface area contributed by atoms with Crippen LogP contribution in [-0.4, -0.2) is 49.6 Å². The van der Waals surface area contributed by atoms with Crippen molar-refractivity contribution in [2.24, 2.45) is 0 Å². The van der Waals surface area contributed by atoms with Crippen molar-refractivity contribution in [2.45, 2.75) is 12.6 Å². The molecule has 23 heavy (non-hydrogen) atoms. The largest absolute Gasteiger partial charge is 0.375 e. The summed E-state index contributed by atoms with van der Waals surface area (Å²) in [7, 11) is 1.81. The summed E-state index contributed by atoms with van der Waals surface area (Å²) in [6.45, 7) is 6.50. The molecule has 0 aliphatic carbocycles. The molecule has 0 radical (unpaired) electrons. The summed E-state index contributed by atoms with van der Waals surface area (Å²) in [4.78, 5) is 5.05. The zero-order chi connectivity index (χ0) is 15.9. The van der Waals surface area contributed by atoms with Crippen molar-refractivity contribution in [3.8, 4) is 0 Å². The van der Waals surface area contributed by atoms with Crippen molar-refractivity contribution >= 4 is 0 Å². The Kier molecular flexibility index (Phi) is 5.81. The van der Waals surface area contributed by atoms with Gasteiger partial charge in [-0.2, -0.15) is 0 Å². The van der Waals surface area contributed by atoms with Crippen LogP contribution in [0.2, 0.25) is 0 Å². The minimum absolute atomic E-state index is 0.164. The molecule has 0 N–H and O–H groups in total. The van der Waals surface area contributed by atoms with Crippen LogP contribution in [0.1, 0.15) is 17.2 Å². The van der Waals surface area contributed by atoms with Crippen LogP contribution in [0.25, 0.3) is 0 Å². The van der Waals surface area contributed by atoms with E-state index in [4.69, 9.17) is 4.74 Å². The second-order valence-corrected chi connectivity index (χ2v) is 6.20. The van der Waals surface area contributed by atoms with Crippen molar-refractivity contribution in [1.29, 1.82) is 0 Å². The van der Waals surface area contributed by atoms with Gasteiger partial charge in [0.2, 0.25) is 0 Å². The first-order valence-corrected chi connectivity index (χ1v) is 8.41. The van der Waals surface area contributed by atoms with Crippen LogP contribution in [0, 0.1) is 0 Å². The third-order valence-electron chi connectivity index (χ3n) is 4.59. The number of hydrogen-bond acceptors (Lipinski definition) is 3. The Labute approximate surface area is 139 Å². The molecule has 3 rings (SSSR count). The first-order chi connectivity index (χ1) is 11.3. The number of hydrogen-bond donors (Lipinski definition) is 0. The highest BCUT2D eigenvalue weighted by atomic mass is 16.5. The smallest absolute Gasteiger partial charge is 0.0947 e. The molecule has 3 nitrogen and oxygen atoms in total. The molecule has 2 aromatic rings. The lowest BCUT2D eigenvalue weighted by Crippen LogP contribution is -2.47. The third kappa shape index (κ3) is 4.64. The fraction of sp³-hybridized carbons (Fsp3) is 0.400. The molecular formula is C20H26N2O. The number of piperazine rings is 1. The van der Waals surface area contributed by atoms with E-state index in [2.05, 4.69) is 70.5 Å². The molecule has 0 unspecified atom stereocenters. The van der Waals surface area contributed by atoms with Crippen LogP contribution >= 0.6 is 0 Å². The Balaban J connectivity index is 1.49. The van der Waals surface area contributed by atoms with Gasteiger partial charge in [-0.05, 0) is 11.1 Å². The molecule has 2 aromatic carbocycles. The van der Waals surface area contributed by atoms with Crippen molar-refractivity contribution in [3.63, 3.8) is 0 Å². The maximum atomic E-state index is 5.71. The van der Waals surface area contributed by atoms with Crippen LogP contribution in [0.15, 0.2) is 60.7 Å². The van der Waals surface area contributed by atoms with Gasteiger partial charge >= 0.3 is 0 Å². The number of methoxy groups -OCH3 is 1. The average molecular weight is 310 g/mol. The summed E-state index contributed by atoms with van der Waals surface area (Å²) >= 11 is 0. The zero-order valence-corrected chi connectivity index (χ0v) is 13.9. The molecule has 0 aromatic heterocycles. The maximum absolute atomic E-state index is 5.71. The normalized spacial score (nSPS) is 18.0. The molecule has 122 valence electrons. The number of rotatable bonds is 6. The molecule has 1 saturated heterocycles. The quantitative estimate of drug-likeness (QED) is 0.815. The summed E-state index contributed by atoms with van der Waals surface area (Å²) in [5, 5.41) is 0. The Bertz CT molecular complexity index is 565. The van der Waals surface area contributed by atoms with Crippen LogP contribution in [0.3, 0.4) is 0 Å². The van der Waals surface area contributed by atoms with Gasteiger partial charge in [0.05, 0.1) is 6.10 Å². The first kappa shape index (κ1) is 16.2. The van der Waals surface area contributed by atoms with Gasteiger partial charge in [-0.15, -0.1) is 0 Å².